The standard InChI is InChI=1S/C11H14O4/c1-3-8-9(12)5-7(6-10(8)13)15-11(14)4-2/h5-6,12-13H,3-4H2,1-2H3. The van der Waals surface area contributed by atoms with E-state index >= 15 is 0 Å². The number of hydrogen-bond donors (Lipinski definition) is 2. The minimum atomic E-state index is -0.405. The summed E-state index contributed by atoms with van der Waals surface area (Å²) in [5.41, 5.74) is 0.450. The lowest BCUT2D eigenvalue weighted by molar-refractivity contribution is -0.134. The predicted molar refractivity (Wildman–Crippen MR) is 55.1 cm³/mol. The molecule has 0 amide bonds. The molecule has 0 aliphatic heterocycles. The number of hydrogen-bond acceptors (Lipinski definition) is 4. The quantitative estimate of drug-likeness (QED) is 0.591. The van der Waals surface area contributed by atoms with Gasteiger partial charge in [0.05, 0.1) is 0 Å². The lowest BCUT2D eigenvalue weighted by atomic mass is 10.1. The number of phenolic OH excluding ortho intramolecular Hbond substituents is 2. The van der Waals surface area contributed by atoms with Gasteiger partial charge in [-0.25, -0.2) is 0 Å². The first kappa shape index (κ1) is 11.4. The molecule has 0 heterocycles. The molecule has 1 aromatic carbocycles. The molecular weight excluding hydrogens is 196 g/mol. The van der Waals surface area contributed by atoms with Gasteiger partial charge < -0.3 is 14.9 Å². The van der Waals surface area contributed by atoms with Crippen molar-refractivity contribution in [3.05, 3.63) is 17.7 Å². The zero-order valence-electron chi connectivity index (χ0n) is 8.78. The lowest BCUT2D eigenvalue weighted by Crippen LogP contribution is -2.05. The Morgan fingerprint density at radius 1 is 1.27 bits per heavy atom. The van der Waals surface area contributed by atoms with E-state index in [0.717, 1.165) is 0 Å². The summed E-state index contributed by atoms with van der Waals surface area (Å²) in [6, 6.07) is 2.65. The number of benzene rings is 1. The summed E-state index contributed by atoms with van der Waals surface area (Å²) in [5, 5.41) is 19.0. The summed E-state index contributed by atoms with van der Waals surface area (Å²) >= 11 is 0. The highest BCUT2D eigenvalue weighted by Crippen LogP contribution is 2.32. The first-order valence-corrected chi connectivity index (χ1v) is 4.84. The van der Waals surface area contributed by atoms with Crippen LogP contribution in [0, 0.1) is 0 Å². The molecule has 0 aliphatic rings. The molecule has 4 heteroatoms. The zero-order chi connectivity index (χ0) is 11.4. The molecule has 0 aromatic heterocycles. The molecule has 0 spiro atoms. The average molecular weight is 210 g/mol. The van der Waals surface area contributed by atoms with Gasteiger partial charge in [0.1, 0.15) is 17.2 Å². The zero-order valence-corrected chi connectivity index (χ0v) is 8.78. The minimum absolute atomic E-state index is 0.0589. The third kappa shape index (κ3) is 2.62. The van der Waals surface area contributed by atoms with Crippen molar-refractivity contribution < 1.29 is 19.7 Å². The van der Waals surface area contributed by atoms with E-state index in [0.29, 0.717) is 12.0 Å². The normalized spacial score (nSPS) is 10.0. The van der Waals surface area contributed by atoms with Crippen LogP contribution in [-0.4, -0.2) is 16.2 Å². The van der Waals surface area contributed by atoms with Crippen molar-refractivity contribution in [2.45, 2.75) is 26.7 Å². The van der Waals surface area contributed by atoms with Crippen molar-refractivity contribution in [3.8, 4) is 17.2 Å². The molecule has 0 aliphatic carbocycles. The number of aromatic hydroxyl groups is 2. The summed E-state index contributed by atoms with van der Waals surface area (Å²) in [4.78, 5) is 11.0. The van der Waals surface area contributed by atoms with Gasteiger partial charge in [-0.15, -0.1) is 0 Å². The van der Waals surface area contributed by atoms with Gasteiger partial charge in [0.15, 0.2) is 0 Å². The average Bonchev–Trinajstić information content (AvgIpc) is 2.17. The summed E-state index contributed by atoms with van der Waals surface area (Å²) in [5.74, 6) is -0.361. The Morgan fingerprint density at radius 3 is 2.20 bits per heavy atom. The summed E-state index contributed by atoms with van der Waals surface area (Å²) in [6.07, 6.45) is 0.761. The van der Waals surface area contributed by atoms with Gasteiger partial charge in [-0.1, -0.05) is 13.8 Å². The van der Waals surface area contributed by atoms with E-state index in [1.165, 1.54) is 12.1 Å². The van der Waals surface area contributed by atoms with E-state index in [-0.39, 0.29) is 23.7 Å². The fourth-order valence-electron chi connectivity index (χ4n) is 1.24. The van der Waals surface area contributed by atoms with E-state index in [9.17, 15) is 15.0 Å². The monoisotopic (exact) mass is 210 g/mol. The molecule has 0 radical (unpaired) electrons. The van der Waals surface area contributed by atoms with Crippen molar-refractivity contribution in [2.75, 3.05) is 0 Å². The molecule has 1 rings (SSSR count). The maximum atomic E-state index is 11.0. The van der Waals surface area contributed by atoms with Crippen LogP contribution in [0.15, 0.2) is 12.1 Å². The van der Waals surface area contributed by atoms with Crippen molar-refractivity contribution in [1.29, 1.82) is 0 Å². The summed E-state index contributed by atoms with van der Waals surface area (Å²) in [7, 11) is 0. The highest BCUT2D eigenvalue weighted by atomic mass is 16.5. The van der Waals surface area contributed by atoms with Crippen LogP contribution < -0.4 is 4.74 Å². The van der Waals surface area contributed by atoms with E-state index in [1.807, 2.05) is 6.92 Å². The largest absolute Gasteiger partial charge is 0.507 e. The van der Waals surface area contributed by atoms with Gasteiger partial charge in [0, 0.05) is 24.1 Å². The summed E-state index contributed by atoms with van der Waals surface area (Å²) in [6.45, 7) is 3.48. The molecule has 0 fully saturated rings. The first-order chi connectivity index (χ1) is 7.08. The van der Waals surface area contributed by atoms with Crippen molar-refractivity contribution in [1.82, 2.24) is 0 Å². The van der Waals surface area contributed by atoms with Gasteiger partial charge in [-0.05, 0) is 6.42 Å². The molecule has 0 saturated heterocycles. The second kappa shape index (κ2) is 4.68. The summed E-state index contributed by atoms with van der Waals surface area (Å²) < 4.78 is 4.87. The second-order valence-corrected chi connectivity index (χ2v) is 3.12. The van der Waals surface area contributed by atoms with Crippen LogP contribution in [0.25, 0.3) is 0 Å². The van der Waals surface area contributed by atoms with Crippen LogP contribution in [0.4, 0.5) is 0 Å². The molecule has 2 N–H and O–H groups in total. The van der Waals surface area contributed by atoms with Gasteiger partial charge in [-0.2, -0.15) is 0 Å². The van der Waals surface area contributed by atoms with Gasteiger partial charge in [-0.3, -0.25) is 4.79 Å². The van der Waals surface area contributed by atoms with Crippen LogP contribution in [0.3, 0.4) is 0 Å². The maximum Gasteiger partial charge on any atom is 0.310 e. The number of carbonyl (C=O) groups excluding carboxylic acids is 1. The molecule has 1 aromatic rings. The van der Waals surface area contributed by atoms with Gasteiger partial charge in [0.2, 0.25) is 0 Å². The molecule has 4 nitrogen and oxygen atoms in total. The van der Waals surface area contributed by atoms with Gasteiger partial charge >= 0.3 is 5.97 Å². The molecule has 0 unspecified atom stereocenters. The van der Waals surface area contributed by atoms with Crippen LogP contribution in [0.2, 0.25) is 0 Å². The maximum absolute atomic E-state index is 11.0. The van der Waals surface area contributed by atoms with Crippen LogP contribution >= 0.6 is 0 Å². The third-order valence-corrected chi connectivity index (χ3v) is 2.05. The van der Waals surface area contributed by atoms with E-state index < -0.39 is 5.97 Å². The Labute approximate surface area is 88.1 Å². The molecule has 0 bridgehead atoms. The number of esters is 1. The molecule has 15 heavy (non-hydrogen) atoms. The topological polar surface area (TPSA) is 66.8 Å². The van der Waals surface area contributed by atoms with Gasteiger partial charge in [0.25, 0.3) is 0 Å². The number of ether oxygens (including phenoxy) is 1. The number of carbonyl (C=O) groups is 1. The fraction of sp³-hybridized carbons (Fsp3) is 0.364. The lowest BCUT2D eigenvalue weighted by Gasteiger charge is -2.08. The Morgan fingerprint density at radius 2 is 1.80 bits per heavy atom. The Kier molecular flexibility index (Phi) is 3.55. The SMILES string of the molecule is CCC(=O)Oc1cc(O)c(CC)c(O)c1. The molecule has 0 saturated carbocycles. The Hall–Kier alpha value is -1.71. The second-order valence-electron chi connectivity index (χ2n) is 3.12. The smallest absolute Gasteiger partial charge is 0.310 e. The highest BCUT2D eigenvalue weighted by molar-refractivity contribution is 5.72. The predicted octanol–water partition coefficient (Wildman–Crippen LogP) is 1.98. The van der Waals surface area contributed by atoms with E-state index in [1.54, 1.807) is 6.92 Å². The Balaban J connectivity index is 2.98. The van der Waals surface area contributed by atoms with E-state index in [2.05, 4.69) is 0 Å². The number of rotatable bonds is 3. The highest BCUT2D eigenvalue weighted by Gasteiger charge is 2.10. The first-order valence-electron chi connectivity index (χ1n) is 4.84. The number of phenols is 2. The Bertz CT molecular complexity index is 348. The molecular formula is C11H14O4. The van der Waals surface area contributed by atoms with E-state index in [4.69, 9.17) is 4.74 Å². The van der Waals surface area contributed by atoms with Crippen molar-refractivity contribution >= 4 is 5.97 Å². The molecule has 82 valence electrons. The van der Waals surface area contributed by atoms with Crippen molar-refractivity contribution in [2.24, 2.45) is 0 Å². The minimum Gasteiger partial charge on any atom is -0.507 e. The fourth-order valence-corrected chi connectivity index (χ4v) is 1.24. The van der Waals surface area contributed by atoms with Crippen LogP contribution in [-0.2, 0) is 11.2 Å². The third-order valence-electron chi connectivity index (χ3n) is 2.05. The van der Waals surface area contributed by atoms with Crippen LogP contribution in [0.5, 0.6) is 17.2 Å². The van der Waals surface area contributed by atoms with Crippen molar-refractivity contribution in [3.63, 3.8) is 0 Å². The van der Waals surface area contributed by atoms with Crippen LogP contribution in [0.1, 0.15) is 25.8 Å². The molecule has 0 atom stereocenters.